The molecule has 0 bridgehead atoms. The molecule has 2 heterocycles. The highest BCUT2D eigenvalue weighted by atomic mass is 35.5. The summed E-state index contributed by atoms with van der Waals surface area (Å²) in [6.07, 6.45) is 1.24. The number of amides is 1. The Labute approximate surface area is 135 Å². The van der Waals surface area contributed by atoms with Crippen molar-refractivity contribution in [2.75, 3.05) is 6.54 Å². The van der Waals surface area contributed by atoms with Gasteiger partial charge in [-0.25, -0.2) is 4.98 Å². The zero-order chi connectivity index (χ0) is 16.5. The lowest BCUT2D eigenvalue weighted by Crippen LogP contribution is -2.43. The maximum absolute atomic E-state index is 12.4. The third kappa shape index (κ3) is 3.25. The van der Waals surface area contributed by atoms with Crippen LogP contribution >= 0.6 is 11.6 Å². The predicted molar refractivity (Wildman–Crippen MR) is 87.2 cm³/mol. The molecule has 2 aromatic heterocycles. The van der Waals surface area contributed by atoms with Crippen molar-refractivity contribution in [3.05, 3.63) is 35.2 Å². The SMILES string of the molecule is CC(C)C(O)C(C)(C)CNC(=O)c1c(Cl)nc2ccccn12. The van der Waals surface area contributed by atoms with Gasteiger partial charge in [-0.15, -0.1) is 0 Å². The number of carbonyl (C=O) groups excluding carboxylic acids is 1. The Kier molecular flexibility index (Phi) is 4.78. The number of aromatic nitrogens is 2. The lowest BCUT2D eigenvalue weighted by Gasteiger charge is -2.33. The van der Waals surface area contributed by atoms with Crippen molar-refractivity contribution in [2.24, 2.45) is 11.3 Å². The van der Waals surface area contributed by atoms with Crippen molar-refractivity contribution < 1.29 is 9.90 Å². The Balaban J connectivity index is 2.17. The topological polar surface area (TPSA) is 66.6 Å². The monoisotopic (exact) mass is 323 g/mol. The molecule has 0 aromatic carbocycles. The Morgan fingerprint density at radius 2 is 2.14 bits per heavy atom. The summed E-state index contributed by atoms with van der Waals surface area (Å²) in [5, 5.41) is 13.3. The molecule has 2 rings (SSSR count). The van der Waals surface area contributed by atoms with Gasteiger partial charge >= 0.3 is 0 Å². The number of aliphatic hydroxyl groups is 1. The Morgan fingerprint density at radius 1 is 1.45 bits per heavy atom. The summed E-state index contributed by atoms with van der Waals surface area (Å²) < 4.78 is 1.66. The van der Waals surface area contributed by atoms with Gasteiger partial charge in [-0.3, -0.25) is 9.20 Å². The van der Waals surface area contributed by atoms with Gasteiger partial charge in [0.25, 0.3) is 5.91 Å². The fraction of sp³-hybridized carbons (Fsp3) is 0.500. The third-order valence-corrected chi connectivity index (χ3v) is 4.10. The second-order valence-corrected chi connectivity index (χ2v) is 6.90. The minimum absolute atomic E-state index is 0.117. The average Bonchev–Trinajstić information content (AvgIpc) is 2.79. The number of pyridine rings is 1. The Bertz CT molecular complexity index is 679. The highest BCUT2D eigenvalue weighted by Gasteiger charge is 2.31. The smallest absolute Gasteiger partial charge is 0.271 e. The maximum atomic E-state index is 12.4. The van der Waals surface area contributed by atoms with E-state index in [1.165, 1.54) is 0 Å². The number of imidazole rings is 1. The summed E-state index contributed by atoms with van der Waals surface area (Å²) in [5.74, 6) is -0.181. The number of halogens is 1. The van der Waals surface area contributed by atoms with Crippen LogP contribution < -0.4 is 5.32 Å². The van der Waals surface area contributed by atoms with Crippen molar-refractivity contribution in [1.82, 2.24) is 14.7 Å². The Morgan fingerprint density at radius 3 is 2.77 bits per heavy atom. The number of hydrogen-bond acceptors (Lipinski definition) is 3. The van der Waals surface area contributed by atoms with Gasteiger partial charge in [-0.05, 0) is 18.1 Å². The number of fused-ring (bicyclic) bond motifs is 1. The first kappa shape index (κ1) is 16.8. The summed E-state index contributed by atoms with van der Waals surface area (Å²) in [6, 6.07) is 5.44. The summed E-state index contributed by atoms with van der Waals surface area (Å²) >= 11 is 6.08. The zero-order valence-electron chi connectivity index (χ0n) is 13.3. The van der Waals surface area contributed by atoms with Gasteiger partial charge in [0.15, 0.2) is 10.8 Å². The molecule has 22 heavy (non-hydrogen) atoms. The van der Waals surface area contributed by atoms with E-state index in [-0.39, 0.29) is 17.0 Å². The van der Waals surface area contributed by atoms with E-state index in [4.69, 9.17) is 11.6 Å². The molecule has 1 unspecified atom stereocenters. The van der Waals surface area contributed by atoms with Crippen molar-refractivity contribution >= 4 is 23.2 Å². The van der Waals surface area contributed by atoms with E-state index in [2.05, 4.69) is 10.3 Å². The van der Waals surface area contributed by atoms with E-state index in [0.29, 0.717) is 17.9 Å². The molecule has 1 amide bonds. The van der Waals surface area contributed by atoms with Gasteiger partial charge in [-0.2, -0.15) is 0 Å². The maximum Gasteiger partial charge on any atom is 0.271 e. The van der Waals surface area contributed by atoms with Gasteiger partial charge in [0, 0.05) is 18.2 Å². The molecule has 1 atom stereocenters. The van der Waals surface area contributed by atoms with Gasteiger partial charge in [0.1, 0.15) is 5.65 Å². The molecule has 0 spiro atoms. The van der Waals surface area contributed by atoms with Gasteiger partial charge in [-0.1, -0.05) is 45.4 Å². The van der Waals surface area contributed by atoms with Crippen LogP contribution in [0.25, 0.3) is 5.65 Å². The zero-order valence-corrected chi connectivity index (χ0v) is 14.1. The van der Waals surface area contributed by atoms with E-state index in [1.807, 2.05) is 39.8 Å². The molecule has 2 N–H and O–H groups in total. The number of aliphatic hydroxyl groups excluding tert-OH is 1. The summed E-state index contributed by atoms with van der Waals surface area (Å²) in [7, 11) is 0. The molecule has 0 fully saturated rings. The number of rotatable bonds is 5. The van der Waals surface area contributed by atoms with Crippen LogP contribution in [0.4, 0.5) is 0 Å². The van der Waals surface area contributed by atoms with Crippen LogP contribution in [0.1, 0.15) is 38.2 Å². The summed E-state index contributed by atoms with van der Waals surface area (Å²) in [5.41, 5.74) is 0.503. The molecule has 6 heteroatoms. The molecule has 0 aliphatic heterocycles. The van der Waals surface area contributed by atoms with E-state index in [9.17, 15) is 9.90 Å². The number of hydrogen-bond donors (Lipinski definition) is 2. The molecule has 2 aromatic rings. The predicted octanol–water partition coefficient (Wildman–Crippen LogP) is 2.76. The number of carbonyl (C=O) groups is 1. The normalized spacial score (nSPS) is 13.6. The van der Waals surface area contributed by atoms with Crippen LogP contribution in [0.5, 0.6) is 0 Å². The molecule has 0 aliphatic carbocycles. The van der Waals surface area contributed by atoms with Crippen LogP contribution in [-0.2, 0) is 0 Å². The molecular weight excluding hydrogens is 302 g/mol. The van der Waals surface area contributed by atoms with Gasteiger partial charge in [0.05, 0.1) is 6.10 Å². The van der Waals surface area contributed by atoms with Gasteiger partial charge < -0.3 is 10.4 Å². The number of nitrogens with zero attached hydrogens (tertiary/aromatic N) is 2. The molecule has 0 saturated carbocycles. The molecule has 0 saturated heterocycles. The standard InChI is InChI=1S/C16H22ClN3O2/c1-10(2)13(21)16(3,4)9-18-15(22)12-14(17)19-11-7-5-6-8-20(11)12/h5-8,10,13,21H,9H2,1-4H3,(H,18,22). The van der Waals surface area contributed by atoms with Crippen molar-refractivity contribution in [3.63, 3.8) is 0 Å². The van der Waals surface area contributed by atoms with Gasteiger partial charge in [0.2, 0.25) is 0 Å². The van der Waals surface area contributed by atoms with Crippen LogP contribution in [0.2, 0.25) is 5.15 Å². The lowest BCUT2D eigenvalue weighted by atomic mass is 9.80. The minimum Gasteiger partial charge on any atom is -0.392 e. The minimum atomic E-state index is -0.509. The fourth-order valence-electron chi connectivity index (χ4n) is 2.57. The molecular formula is C16H22ClN3O2. The van der Waals surface area contributed by atoms with E-state index in [1.54, 1.807) is 16.7 Å². The van der Waals surface area contributed by atoms with Crippen molar-refractivity contribution in [3.8, 4) is 0 Å². The molecule has 0 aliphatic rings. The van der Waals surface area contributed by atoms with E-state index < -0.39 is 11.5 Å². The summed E-state index contributed by atoms with van der Waals surface area (Å²) in [6.45, 7) is 8.11. The summed E-state index contributed by atoms with van der Waals surface area (Å²) in [4.78, 5) is 16.6. The van der Waals surface area contributed by atoms with E-state index in [0.717, 1.165) is 0 Å². The first-order chi connectivity index (χ1) is 10.2. The second kappa shape index (κ2) is 6.26. The van der Waals surface area contributed by atoms with Crippen LogP contribution in [0.15, 0.2) is 24.4 Å². The first-order valence-electron chi connectivity index (χ1n) is 7.33. The second-order valence-electron chi connectivity index (χ2n) is 6.54. The van der Waals surface area contributed by atoms with Crippen LogP contribution in [0.3, 0.4) is 0 Å². The fourth-order valence-corrected chi connectivity index (χ4v) is 2.83. The van der Waals surface area contributed by atoms with Crippen molar-refractivity contribution in [1.29, 1.82) is 0 Å². The highest BCUT2D eigenvalue weighted by molar-refractivity contribution is 6.32. The molecule has 120 valence electrons. The van der Waals surface area contributed by atoms with E-state index >= 15 is 0 Å². The first-order valence-corrected chi connectivity index (χ1v) is 7.70. The average molecular weight is 324 g/mol. The largest absolute Gasteiger partial charge is 0.392 e. The Hall–Kier alpha value is -1.59. The van der Waals surface area contributed by atoms with Crippen LogP contribution in [-0.4, -0.2) is 33.0 Å². The van der Waals surface area contributed by atoms with Crippen molar-refractivity contribution in [2.45, 2.75) is 33.8 Å². The molecule has 0 radical (unpaired) electrons. The van der Waals surface area contributed by atoms with Crippen LogP contribution in [0, 0.1) is 11.3 Å². The quantitative estimate of drug-likeness (QED) is 0.889. The molecule has 5 nitrogen and oxygen atoms in total. The highest BCUT2D eigenvalue weighted by Crippen LogP contribution is 2.25. The number of nitrogens with one attached hydrogen (secondary N) is 1. The third-order valence-electron chi connectivity index (χ3n) is 3.84. The lowest BCUT2D eigenvalue weighted by molar-refractivity contribution is 0.0138.